The topological polar surface area (TPSA) is 15.3 Å². The third kappa shape index (κ3) is 4.01. The zero-order valence-electron chi connectivity index (χ0n) is 11.3. The van der Waals surface area contributed by atoms with Crippen LogP contribution in [0.1, 0.15) is 31.2 Å². The minimum absolute atomic E-state index is 0. The normalized spacial score (nSPS) is 21.3. The van der Waals surface area contributed by atoms with Crippen LogP contribution in [0.3, 0.4) is 0 Å². The summed E-state index contributed by atoms with van der Waals surface area (Å²) >= 11 is 0. The fourth-order valence-electron chi connectivity index (χ4n) is 3.12. The van der Waals surface area contributed by atoms with E-state index in [0.29, 0.717) is 0 Å². The lowest BCUT2D eigenvalue weighted by Gasteiger charge is -2.27. The van der Waals surface area contributed by atoms with Crippen LogP contribution in [0.5, 0.6) is 0 Å². The van der Waals surface area contributed by atoms with E-state index in [1.165, 1.54) is 63.0 Å². The van der Waals surface area contributed by atoms with Gasteiger partial charge in [0, 0.05) is 24.8 Å². The number of halogens is 2. The van der Waals surface area contributed by atoms with Crippen molar-refractivity contribution in [2.24, 2.45) is 0 Å². The molecule has 1 atom stereocenters. The summed E-state index contributed by atoms with van der Waals surface area (Å²) in [6, 6.07) is 9.63. The molecule has 1 saturated heterocycles. The summed E-state index contributed by atoms with van der Waals surface area (Å²) in [6.07, 6.45) is 6.68. The monoisotopic (exact) mass is 302 g/mol. The van der Waals surface area contributed by atoms with Crippen LogP contribution in [-0.2, 0) is 6.42 Å². The molecular formula is C15H24Cl2N2. The highest BCUT2D eigenvalue weighted by atomic mass is 35.5. The first-order valence-corrected chi connectivity index (χ1v) is 7.00. The summed E-state index contributed by atoms with van der Waals surface area (Å²) in [5.41, 5.74) is 3.01. The largest absolute Gasteiger partial charge is 0.371 e. The van der Waals surface area contributed by atoms with Crippen molar-refractivity contribution in [2.45, 2.75) is 38.1 Å². The molecule has 1 unspecified atom stereocenters. The molecule has 0 aromatic heterocycles. The van der Waals surface area contributed by atoms with Crippen molar-refractivity contribution in [3.05, 3.63) is 29.8 Å². The first-order chi connectivity index (χ1) is 8.43. The van der Waals surface area contributed by atoms with Gasteiger partial charge in [-0.2, -0.15) is 0 Å². The Morgan fingerprint density at radius 3 is 2.79 bits per heavy atom. The molecular weight excluding hydrogens is 279 g/mol. The van der Waals surface area contributed by atoms with E-state index in [1.807, 2.05) is 0 Å². The van der Waals surface area contributed by atoms with Crippen LogP contribution in [0.2, 0.25) is 0 Å². The van der Waals surface area contributed by atoms with Crippen molar-refractivity contribution in [1.29, 1.82) is 0 Å². The third-order valence-corrected chi connectivity index (χ3v) is 4.14. The molecule has 0 bridgehead atoms. The Labute approximate surface area is 128 Å². The van der Waals surface area contributed by atoms with E-state index >= 15 is 0 Å². The molecule has 4 heteroatoms. The summed E-state index contributed by atoms with van der Waals surface area (Å²) in [6.45, 7) is 3.65. The number of piperidine rings is 1. The quantitative estimate of drug-likeness (QED) is 0.920. The molecule has 1 fully saturated rings. The van der Waals surface area contributed by atoms with Gasteiger partial charge in [-0.1, -0.05) is 24.6 Å². The maximum absolute atomic E-state index is 3.64. The highest BCUT2D eigenvalue weighted by Gasteiger charge is 2.19. The average molecular weight is 303 g/mol. The van der Waals surface area contributed by atoms with E-state index in [1.54, 1.807) is 0 Å². The van der Waals surface area contributed by atoms with Gasteiger partial charge in [-0.05, 0) is 43.9 Å². The zero-order valence-corrected chi connectivity index (χ0v) is 12.9. The number of hydrogen-bond donors (Lipinski definition) is 1. The minimum atomic E-state index is 0. The number of fused-ring (bicyclic) bond motifs is 1. The molecule has 1 aromatic rings. The molecule has 0 aliphatic carbocycles. The summed E-state index contributed by atoms with van der Waals surface area (Å²) in [5, 5.41) is 3.64. The maximum Gasteiger partial charge on any atom is 0.0399 e. The van der Waals surface area contributed by atoms with Gasteiger partial charge in [-0.3, -0.25) is 0 Å². The van der Waals surface area contributed by atoms with Crippen LogP contribution in [0, 0.1) is 0 Å². The molecule has 0 saturated carbocycles. The molecule has 2 nitrogen and oxygen atoms in total. The Balaban J connectivity index is 0.000000902. The van der Waals surface area contributed by atoms with Crippen molar-refractivity contribution in [3.8, 4) is 0 Å². The molecule has 2 heterocycles. The summed E-state index contributed by atoms with van der Waals surface area (Å²) < 4.78 is 0. The van der Waals surface area contributed by atoms with E-state index < -0.39 is 0 Å². The second kappa shape index (κ2) is 7.98. The van der Waals surface area contributed by atoms with Gasteiger partial charge in [0.15, 0.2) is 0 Å². The lowest BCUT2D eigenvalue weighted by atomic mass is 10.0. The van der Waals surface area contributed by atoms with E-state index in [4.69, 9.17) is 0 Å². The van der Waals surface area contributed by atoms with Gasteiger partial charge in [0.25, 0.3) is 0 Å². The number of benzene rings is 1. The Kier molecular flexibility index (Phi) is 6.98. The van der Waals surface area contributed by atoms with Gasteiger partial charge < -0.3 is 10.2 Å². The summed E-state index contributed by atoms with van der Waals surface area (Å²) in [7, 11) is 0. The Morgan fingerprint density at radius 1 is 1.16 bits per heavy atom. The molecule has 108 valence electrons. The molecule has 3 rings (SSSR count). The number of para-hydroxylation sites is 1. The number of rotatable bonds is 3. The molecule has 0 amide bonds. The first-order valence-electron chi connectivity index (χ1n) is 7.00. The van der Waals surface area contributed by atoms with Crippen LogP contribution in [0.4, 0.5) is 5.69 Å². The summed E-state index contributed by atoms with van der Waals surface area (Å²) in [5.74, 6) is 0. The van der Waals surface area contributed by atoms with Crippen LogP contribution in [-0.4, -0.2) is 25.7 Å². The van der Waals surface area contributed by atoms with Crippen molar-refractivity contribution < 1.29 is 0 Å². The first kappa shape index (κ1) is 16.6. The molecule has 2 aliphatic rings. The Morgan fingerprint density at radius 2 is 2.00 bits per heavy atom. The fourth-order valence-corrected chi connectivity index (χ4v) is 3.12. The van der Waals surface area contributed by atoms with E-state index in [-0.39, 0.29) is 24.8 Å². The molecule has 19 heavy (non-hydrogen) atoms. The highest BCUT2D eigenvalue weighted by Crippen LogP contribution is 2.27. The van der Waals surface area contributed by atoms with E-state index in [2.05, 4.69) is 34.5 Å². The third-order valence-electron chi connectivity index (χ3n) is 4.14. The molecule has 1 N–H and O–H groups in total. The standard InChI is InChI=1S/C15H22N2.2ClH/c1-2-7-15-13(5-1)8-11-17(15)12-9-14-6-3-4-10-16-14;;/h1-2,5,7,14,16H,3-4,6,8-12H2;2*1H. The van der Waals surface area contributed by atoms with Crippen molar-refractivity contribution in [3.63, 3.8) is 0 Å². The van der Waals surface area contributed by atoms with E-state index in [0.717, 1.165) is 6.04 Å². The number of hydrogen-bond acceptors (Lipinski definition) is 2. The summed E-state index contributed by atoms with van der Waals surface area (Å²) in [4.78, 5) is 2.56. The second-order valence-corrected chi connectivity index (χ2v) is 5.30. The minimum Gasteiger partial charge on any atom is -0.371 e. The number of nitrogens with one attached hydrogen (secondary N) is 1. The van der Waals surface area contributed by atoms with Crippen LogP contribution in [0.25, 0.3) is 0 Å². The predicted molar refractivity (Wildman–Crippen MR) is 87.1 cm³/mol. The van der Waals surface area contributed by atoms with Gasteiger partial charge in [-0.15, -0.1) is 24.8 Å². The van der Waals surface area contributed by atoms with Gasteiger partial charge in [0.1, 0.15) is 0 Å². The van der Waals surface area contributed by atoms with Crippen molar-refractivity contribution in [2.75, 3.05) is 24.5 Å². The van der Waals surface area contributed by atoms with Crippen molar-refractivity contribution in [1.82, 2.24) is 5.32 Å². The SMILES string of the molecule is Cl.Cl.c1ccc2c(c1)CCN2CCC1CCCCN1. The lowest BCUT2D eigenvalue weighted by molar-refractivity contribution is 0.383. The van der Waals surface area contributed by atoms with Crippen molar-refractivity contribution >= 4 is 30.5 Å². The number of anilines is 1. The Bertz CT molecular complexity index is 378. The maximum atomic E-state index is 3.64. The van der Waals surface area contributed by atoms with Gasteiger partial charge in [0.2, 0.25) is 0 Å². The molecule has 0 spiro atoms. The van der Waals surface area contributed by atoms with E-state index in [9.17, 15) is 0 Å². The predicted octanol–water partition coefficient (Wildman–Crippen LogP) is 3.42. The van der Waals surface area contributed by atoms with Crippen LogP contribution in [0.15, 0.2) is 24.3 Å². The van der Waals surface area contributed by atoms with Crippen LogP contribution < -0.4 is 10.2 Å². The van der Waals surface area contributed by atoms with Gasteiger partial charge in [0.05, 0.1) is 0 Å². The Hall–Kier alpha value is -0.440. The molecule has 1 aromatic carbocycles. The second-order valence-electron chi connectivity index (χ2n) is 5.30. The lowest BCUT2D eigenvalue weighted by Crippen LogP contribution is -2.37. The molecule has 2 aliphatic heterocycles. The number of nitrogens with zero attached hydrogens (tertiary/aromatic N) is 1. The van der Waals surface area contributed by atoms with Gasteiger partial charge in [-0.25, -0.2) is 0 Å². The van der Waals surface area contributed by atoms with Crippen LogP contribution >= 0.6 is 24.8 Å². The highest BCUT2D eigenvalue weighted by molar-refractivity contribution is 5.85. The smallest absolute Gasteiger partial charge is 0.0399 e. The average Bonchev–Trinajstić information content (AvgIpc) is 2.81. The van der Waals surface area contributed by atoms with Gasteiger partial charge >= 0.3 is 0 Å². The molecule has 0 radical (unpaired) electrons. The fraction of sp³-hybridized carbons (Fsp3) is 0.600. The zero-order chi connectivity index (χ0) is 11.5.